The van der Waals surface area contributed by atoms with Gasteiger partial charge in [-0.15, -0.1) is 11.3 Å². The maximum atomic E-state index is 13.1. The van der Waals surface area contributed by atoms with Gasteiger partial charge in [-0.2, -0.15) is 17.5 Å². The number of nitrogens with zero attached hydrogens (tertiary/aromatic N) is 1. The summed E-state index contributed by atoms with van der Waals surface area (Å²) < 4.78 is 65.9. The summed E-state index contributed by atoms with van der Waals surface area (Å²) in [7, 11) is -3.70. The number of carbonyl (C=O) groups is 1. The van der Waals surface area contributed by atoms with Gasteiger partial charge in [0, 0.05) is 18.0 Å². The van der Waals surface area contributed by atoms with E-state index in [9.17, 15) is 26.4 Å². The molecule has 2 heterocycles. The van der Waals surface area contributed by atoms with E-state index in [4.69, 9.17) is 0 Å². The Morgan fingerprint density at radius 2 is 1.81 bits per heavy atom. The Kier molecular flexibility index (Phi) is 5.33. The van der Waals surface area contributed by atoms with Crippen LogP contribution in [0.15, 0.2) is 35.2 Å². The average Bonchev–Trinajstić information content (AvgIpc) is 3.24. The number of amides is 1. The Bertz CT molecular complexity index is 962. The van der Waals surface area contributed by atoms with E-state index in [1.807, 2.05) is 0 Å². The molecule has 0 unspecified atom stereocenters. The van der Waals surface area contributed by atoms with Gasteiger partial charge in [-0.3, -0.25) is 4.79 Å². The molecule has 1 saturated heterocycles. The van der Waals surface area contributed by atoms with E-state index in [-0.39, 0.29) is 15.5 Å². The molecule has 1 aliphatic rings. The van der Waals surface area contributed by atoms with Gasteiger partial charge >= 0.3 is 6.18 Å². The van der Waals surface area contributed by atoms with E-state index in [0.717, 1.165) is 36.3 Å². The minimum Gasteiger partial charge on any atom is -0.321 e. The van der Waals surface area contributed by atoms with Crippen molar-refractivity contribution in [3.8, 4) is 0 Å². The summed E-state index contributed by atoms with van der Waals surface area (Å²) in [6.07, 6.45) is -3.05. The molecule has 1 amide bonds. The van der Waals surface area contributed by atoms with E-state index >= 15 is 0 Å². The van der Waals surface area contributed by atoms with Crippen molar-refractivity contribution in [2.24, 2.45) is 0 Å². The van der Waals surface area contributed by atoms with Crippen LogP contribution in [0.4, 0.5) is 18.9 Å². The highest BCUT2D eigenvalue weighted by Gasteiger charge is 2.34. The van der Waals surface area contributed by atoms with Crippen molar-refractivity contribution < 1.29 is 26.4 Å². The highest BCUT2D eigenvalue weighted by Crippen LogP contribution is 2.35. The summed E-state index contributed by atoms with van der Waals surface area (Å²) in [6.45, 7) is 2.43. The van der Waals surface area contributed by atoms with E-state index in [1.165, 1.54) is 22.5 Å². The number of thiophene rings is 1. The summed E-state index contributed by atoms with van der Waals surface area (Å²) in [5.41, 5.74) is -1.33. The van der Waals surface area contributed by atoms with Crippen LogP contribution in [0.25, 0.3) is 0 Å². The number of sulfonamides is 1. The molecule has 0 aliphatic carbocycles. The van der Waals surface area contributed by atoms with E-state index in [1.54, 1.807) is 6.92 Å². The molecule has 10 heteroatoms. The molecule has 0 bridgehead atoms. The molecule has 0 radical (unpaired) electrons. The molecule has 2 aromatic rings. The molecule has 1 aliphatic heterocycles. The summed E-state index contributed by atoms with van der Waals surface area (Å²) in [5.74, 6) is -0.775. The molecule has 0 atom stereocenters. The zero-order chi connectivity index (χ0) is 19.8. The minimum absolute atomic E-state index is 0.0312. The third-order valence-corrected chi connectivity index (χ3v) is 7.46. The van der Waals surface area contributed by atoms with Gasteiger partial charge in [0.05, 0.1) is 21.0 Å². The van der Waals surface area contributed by atoms with E-state index in [0.29, 0.717) is 18.0 Å². The van der Waals surface area contributed by atoms with Crippen LogP contribution in [0.1, 0.15) is 33.0 Å². The first-order chi connectivity index (χ1) is 12.6. The van der Waals surface area contributed by atoms with Crippen LogP contribution in [0, 0.1) is 6.92 Å². The monoisotopic (exact) mass is 418 g/mol. The van der Waals surface area contributed by atoms with Crippen molar-refractivity contribution in [1.82, 2.24) is 4.31 Å². The highest BCUT2D eigenvalue weighted by molar-refractivity contribution is 7.89. The number of anilines is 1. The van der Waals surface area contributed by atoms with Crippen molar-refractivity contribution in [2.75, 3.05) is 18.4 Å². The zero-order valence-corrected chi connectivity index (χ0v) is 16.0. The van der Waals surface area contributed by atoms with E-state index in [2.05, 4.69) is 5.32 Å². The van der Waals surface area contributed by atoms with Gasteiger partial charge in [-0.25, -0.2) is 8.42 Å². The van der Waals surface area contributed by atoms with Crippen molar-refractivity contribution in [2.45, 2.75) is 30.8 Å². The van der Waals surface area contributed by atoms with Gasteiger partial charge in [0.15, 0.2) is 0 Å². The number of aryl methyl sites for hydroxylation is 1. The van der Waals surface area contributed by atoms with Gasteiger partial charge in [-0.1, -0.05) is 12.1 Å². The van der Waals surface area contributed by atoms with Crippen LogP contribution in [0.5, 0.6) is 0 Å². The van der Waals surface area contributed by atoms with Gasteiger partial charge in [0.2, 0.25) is 10.0 Å². The lowest BCUT2D eigenvalue weighted by Gasteiger charge is -2.14. The lowest BCUT2D eigenvalue weighted by molar-refractivity contribution is -0.136. The maximum Gasteiger partial charge on any atom is 0.418 e. The van der Waals surface area contributed by atoms with E-state index < -0.39 is 27.7 Å². The fourth-order valence-electron chi connectivity index (χ4n) is 2.92. The molecule has 3 rings (SSSR count). The molecule has 1 fully saturated rings. The molecular formula is C17H17F3N2O3S2. The normalized spacial score (nSPS) is 15.9. The lowest BCUT2D eigenvalue weighted by Crippen LogP contribution is -2.28. The second kappa shape index (κ2) is 7.25. The SMILES string of the molecule is Cc1sc(C(=O)Nc2ccccc2C(F)(F)F)cc1S(=O)(=O)N1CCCC1. The fraction of sp³-hybridized carbons (Fsp3) is 0.353. The topological polar surface area (TPSA) is 66.5 Å². The number of para-hydroxylation sites is 1. The number of nitrogens with one attached hydrogen (secondary N) is 1. The van der Waals surface area contributed by atoms with Gasteiger partial charge < -0.3 is 5.32 Å². The predicted octanol–water partition coefficient (Wildman–Crippen LogP) is 4.11. The van der Waals surface area contributed by atoms with Crippen LogP contribution in [0.2, 0.25) is 0 Å². The summed E-state index contributed by atoms with van der Waals surface area (Å²) in [4.78, 5) is 12.9. The Balaban J connectivity index is 1.88. The van der Waals surface area contributed by atoms with Gasteiger partial charge in [-0.05, 0) is 38.0 Å². The molecule has 1 aromatic heterocycles. The lowest BCUT2D eigenvalue weighted by atomic mass is 10.1. The Morgan fingerprint density at radius 3 is 2.44 bits per heavy atom. The van der Waals surface area contributed by atoms with Crippen LogP contribution in [-0.4, -0.2) is 31.7 Å². The Labute approximate surface area is 158 Å². The van der Waals surface area contributed by atoms with Crippen molar-refractivity contribution in [3.63, 3.8) is 0 Å². The molecule has 0 spiro atoms. The Hall–Kier alpha value is -1.91. The molecule has 27 heavy (non-hydrogen) atoms. The maximum absolute atomic E-state index is 13.1. The van der Waals surface area contributed by atoms with Crippen LogP contribution < -0.4 is 5.32 Å². The molecule has 1 aromatic carbocycles. The number of hydrogen-bond acceptors (Lipinski definition) is 4. The number of carbonyl (C=O) groups excluding carboxylic acids is 1. The number of halogens is 3. The van der Waals surface area contributed by atoms with Crippen LogP contribution in [0.3, 0.4) is 0 Å². The summed E-state index contributed by atoms with van der Waals surface area (Å²) in [5, 5.41) is 2.24. The van der Waals surface area contributed by atoms with Crippen LogP contribution in [-0.2, 0) is 16.2 Å². The van der Waals surface area contributed by atoms with Crippen molar-refractivity contribution >= 4 is 33.0 Å². The first-order valence-corrected chi connectivity index (χ1v) is 10.4. The molecule has 1 N–H and O–H groups in total. The largest absolute Gasteiger partial charge is 0.418 e. The molecular weight excluding hydrogens is 401 g/mol. The van der Waals surface area contributed by atoms with Gasteiger partial charge in [0.1, 0.15) is 0 Å². The van der Waals surface area contributed by atoms with Gasteiger partial charge in [0.25, 0.3) is 5.91 Å². The van der Waals surface area contributed by atoms with Crippen molar-refractivity contribution in [1.29, 1.82) is 0 Å². The average molecular weight is 418 g/mol. The second-order valence-electron chi connectivity index (χ2n) is 6.14. The number of rotatable bonds is 4. The van der Waals surface area contributed by atoms with Crippen LogP contribution >= 0.6 is 11.3 Å². The number of benzene rings is 1. The number of alkyl halides is 3. The second-order valence-corrected chi connectivity index (χ2v) is 9.30. The molecule has 146 valence electrons. The first-order valence-electron chi connectivity index (χ1n) is 8.19. The summed E-state index contributed by atoms with van der Waals surface area (Å²) in [6, 6.07) is 5.88. The zero-order valence-electron chi connectivity index (χ0n) is 14.3. The smallest absolute Gasteiger partial charge is 0.321 e. The number of hydrogen-bond donors (Lipinski definition) is 1. The van der Waals surface area contributed by atoms with Crippen molar-refractivity contribution in [3.05, 3.63) is 45.6 Å². The molecule has 5 nitrogen and oxygen atoms in total. The standard InChI is InChI=1S/C17H17F3N2O3S2/c1-11-15(27(24,25)22-8-4-5-9-22)10-14(26-11)16(23)21-13-7-3-2-6-12(13)17(18,19)20/h2-3,6-7,10H,4-5,8-9H2,1H3,(H,21,23). The Morgan fingerprint density at radius 1 is 1.19 bits per heavy atom. The first kappa shape index (κ1) is 19.8. The highest BCUT2D eigenvalue weighted by atomic mass is 32.2. The third-order valence-electron chi connectivity index (χ3n) is 4.26. The third kappa shape index (κ3) is 4.02. The summed E-state index contributed by atoms with van der Waals surface area (Å²) >= 11 is 0.942. The fourth-order valence-corrected chi connectivity index (χ4v) is 5.90. The predicted molar refractivity (Wildman–Crippen MR) is 96.4 cm³/mol. The minimum atomic E-state index is -4.61. The quantitative estimate of drug-likeness (QED) is 0.813. The molecule has 0 saturated carbocycles.